The molecule has 1 aromatic heterocycles. The Labute approximate surface area is 141 Å². The lowest BCUT2D eigenvalue weighted by molar-refractivity contribution is -0.131. The number of furan rings is 1. The first kappa shape index (κ1) is 17.5. The number of carbonyl (C=O) groups is 1. The zero-order valence-electron chi connectivity index (χ0n) is 11.9. The molecule has 10 heteroatoms. The number of anilines is 1. The molecule has 0 aliphatic rings. The maximum absolute atomic E-state index is 11.4. The Morgan fingerprint density at radius 1 is 1.30 bits per heavy atom. The van der Waals surface area contributed by atoms with Crippen molar-refractivity contribution >= 4 is 45.1 Å². The highest BCUT2D eigenvalue weighted by molar-refractivity contribution is 7.92. The minimum Gasteiger partial charge on any atom is -0.502 e. The van der Waals surface area contributed by atoms with Crippen molar-refractivity contribution in [3.63, 3.8) is 0 Å². The molecule has 0 spiro atoms. The van der Waals surface area contributed by atoms with Crippen molar-refractivity contribution in [1.82, 2.24) is 0 Å². The van der Waals surface area contributed by atoms with E-state index in [0.29, 0.717) is 0 Å². The van der Waals surface area contributed by atoms with Gasteiger partial charge in [0, 0.05) is 6.92 Å². The second-order valence-electron chi connectivity index (χ2n) is 4.50. The first-order chi connectivity index (χ1) is 10.6. The third-order valence-corrected chi connectivity index (χ3v) is 3.74. The van der Waals surface area contributed by atoms with E-state index in [4.69, 9.17) is 32.4 Å². The van der Waals surface area contributed by atoms with Crippen molar-refractivity contribution in [2.45, 2.75) is 6.92 Å². The maximum Gasteiger partial charge on any atom is 0.308 e. The number of esters is 1. The van der Waals surface area contributed by atoms with Gasteiger partial charge in [0.25, 0.3) is 5.88 Å². The summed E-state index contributed by atoms with van der Waals surface area (Å²) in [5.41, 5.74) is 0.128. The highest BCUT2D eigenvalue weighted by Gasteiger charge is 2.28. The highest BCUT2D eigenvalue weighted by Crippen LogP contribution is 2.49. The summed E-state index contributed by atoms with van der Waals surface area (Å²) < 4.78 is 34.9. The molecule has 0 unspecified atom stereocenters. The van der Waals surface area contributed by atoms with Crippen LogP contribution < -0.4 is 9.46 Å². The van der Waals surface area contributed by atoms with Crippen LogP contribution in [-0.2, 0) is 14.8 Å². The number of nitrogens with one attached hydrogen (secondary N) is 1. The summed E-state index contributed by atoms with van der Waals surface area (Å²) in [5, 5.41) is 10.5. The summed E-state index contributed by atoms with van der Waals surface area (Å²) in [6.45, 7) is 1.08. The molecule has 2 aromatic rings. The summed E-state index contributed by atoms with van der Waals surface area (Å²) in [5.74, 6) is -2.57. The molecule has 0 bridgehead atoms. The summed E-state index contributed by atoms with van der Waals surface area (Å²) in [6.07, 6.45) is 0.867. The van der Waals surface area contributed by atoms with E-state index < -0.39 is 33.4 Å². The molecule has 0 saturated carbocycles. The van der Waals surface area contributed by atoms with Crippen LogP contribution in [0.5, 0.6) is 11.5 Å². The number of hydrogen-bond acceptors (Lipinski definition) is 6. The molecular weight excluding hydrogens is 369 g/mol. The monoisotopic (exact) mass is 379 g/mol. The fourth-order valence-electron chi connectivity index (χ4n) is 1.77. The topological polar surface area (TPSA) is 106 Å². The van der Waals surface area contributed by atoms with Crippen molar-refractivity contribution in [2.24, 2.45) is 0 Å². The Kier molecular flexibility index (Phi) is 4.79. The number of sulfonamides is 1. The van der Waals surface area contributed by atoms with Gasteiger partial charge in [-0.1, -0.05) is 29.3 Å². The predicted molar refractivity (Wildman–Crippen MR) is 85.6 cm³/mol. The van der Waals surface area contributed by atoms with E-state index in [1.807, 2.05) is 4.72 Å². The van der Waals surface area contributed by atoms with E-state index in [2.05, 4.69) is 0 Å². The molecule has 0 radical (unpaired) electrons. The molecule has 0 fully saturated rings. The summed E-state index contributed by atoms with van der Waals surface area (Å²) in [4.78, 5) is 11.2. The lowest BCUT2D eigenvalue weighted by Gasteiger charge is -2.03. The number of aromatic hydroxyl groups is 1. The van der Waals surface area contributed by atoms with Crippen LogP contribution in [0.2, 0.25) is 10.0 Å². The fourth-order valence-corrected chi connectivity index (χ4v) is 2.81. The largest absolute Gasteiger partial charge is 0.502 e. The summed E-state index contributed by atoms with van der Waals surface area (Å²) >= 11 is 12.1. The van der Waals surface area contributed by atoms with Crippen LogP contribution in [0.3, 0.4) is 0 Å². The maximum atomic E-state index is 11.4. The first-order valence-corrected chi connectivity index (χ1v) is 8.71. The van der Waals surface area contributed by atoms with Gasteiger partial charge in [-0.15, -0.1) is 0 Å². The number of benzene rings is 1. The normalized spacial score (nSPS) is 11.3. The summed E-state index contributed by atoms with van der Waals surface area (Å²) in [6, 6.07) is 4.58. The van der Waals surface area contributed by atoms with Crippen molar-refractivity contribution in [1.29, 1.82) is 0 Å². The van der Waals surface area contributed by atoms with Crippen LogP contribution in [0, 0.1) is 0 Å². The van der Waals surface area contributed by atoms with Crippen molar-refractivity contribution in [2.75, 3.05) is 11.0 Å². The Morgan fingerprint density at radius 3 is 2.35 bits per heavy atom. The van der Waals surface area contributed by atoms with Crippen LogP contribution >= 0.6 is 23.2 Å². The molecule has 23 heavy (non-hydrogen) atoms. The van der Waals surface area contributed by atoms with Gasteiger partial charge >= 0.3 is 5.97 Å². The summed E-state index contributed by atoms with van der Waals surface area (Å²) in [7, 11) is -3.75. The average Bonchev–Trinajstić information content (AvgIpc) is 2.65. The van der Waals surface area contributed by atoms with E-state index in [-0.39, 0.29) is 21.4 Å². The number of halogens is 2. The highest BCUT2D eigenvalue weighted by atomic mass is 35.5. The SMILES string of the molecule is CC(=O)Oc1c(NS(C)(=O)=O)oc(-c2c(Cl)cccc2Cl)c1O. The van der Waals surface area contributed by atoms with Crippen LogP contribution in [-0.4, -0.2) is 25.7 Å². The van der Waals surface area contributed by atoms with Gasteiger partial charge in [0.1, 0.15) is 0 Å². The number of carbonyl (C=O) groups excluding carboxylic acids is 1. The molecule has 1 aromatic carbocycles. The molecule has 0 atom stereocenters. The van der Waals surface area contributed by atoms with E-state index >= 15 is 0 Å². The van der Waals surface area contributed by atoms with Gasteiger partial charge in [-0.25, -0.2) is 8.42 Å². The molecule has 0 amide bonds. The predicted octanol–water partition coefficient (Wildman–Crippen LogP) is 3.26. The molecule has 0 saturated heterocycles. The minimum atomic E-state index is -3.75. The Bertz CT molecular complexity index is 855. The molecule has 0 aliphatic heterocycles. The lowest BCUT2D eigenvalue weighted by Crippen LogP contribution is -2.11. The quantitative estimate of drug-likeness (QED) is 0.789. The minimum absolute atomic E-state index is 0.128. The Morgan fingerprint density at radius 2 is 1.87 bits per heavy atom. The average molecular weight is 380 g/mol. The number of rotatable bonds is 4. The Hall–Kier alpha value is -1.90. The Balaban J connectivity index is 2.69. The van der Waals surface area contributed by atoms with Gasteiger partial charge in [0.05, 0.1) is 21.9 Å². The zero-order chi connectivity index (χ0) is 17.4. The van der Waals surface area contributed by atoms with Crippen molar-refractivity contribution < 1.29 is 27.5 Å². The van der Waals surface area contributed by atoms with Crippen LogP contribution in [0.4, 0.5) is 5.88 Å². The second-order valence-corrected chi connectivity index (χ2v) is 7.07. The molecule has 2 N–H and O–H groups in total. The fraction of sp³-hybridized carbons (Fsp3) is 0.154. The van der Waals surface area contributed by atoms with Gasteiger partial charge in [-0.05, 0) is 12.1 Å². The van der Waals surface area contributed by atoms with Gasteiger partial charge in [0.15, 0.2) is 5.76 Å². The first-order valence-electron chi connectivity index (χ1n) is 6.06. The van der Waals surface area contributed by atoms with Gasteiger partial charge in [-0.2, -0.15) is 0 Å². The molecule has 7 nitrogen and oxygen atoms in total. The van der Waals surface area contributed by atoms with E-state index in [1.165, 1.54) is 12.1 Å². The van der Waals surface area contributed by atoms with Crippen molar-refractivity contribution in [3.05, 3.63) is 28.2 Å². The van der Waals surface area contributed by atoms with E-state index in [0.717, 1.165) is 13.2 Å². The zero-order valence-corrected chi connectivity index (χ0v) is 14.2. The molecule has 2 rings (SSSR count). The number of hydrogen-bond donors (Lipinski definition) is 2. The van der Waals surface area contributed by atoms with Crippen LogP contribution in [0.15, 0.2) is 22.6 Å². The molecule has 1 heterocycles. The smallest absolute Gasteiger partial charge is 0.308 e. The van der Waals surface area contributed by atoms with Gasteiger partial charge in [-0.3, -0.25) is 9.52 Å². The number of ether oxygens (including phenoxy) is 1. The molecule has 124 valence electrons. The van der Waals surface area contributed by atoms with E-state index in [1.54, 1.807) is 6.07 Å². The van der Waals surface area contributed by atoms with Crippen LogP contribution in [0.1, 0.15) is 6.92 Å². The van der Waals surface area contributed by atoms with Gasteiger partial charge < -0.3 is 14.3 Å². The van der Waals surface area contributed by atoms with Crippen LogP contribution in [0.25, 0.3) is 11.3 Å². The standard InChI is InChI=1S/C13H11Cl2NO6S/c1-6(17)21-12-10(18)11(22-13(12)16-23(2,19)20)9-7(14)4-3-5-8(9)15/h3-5,16,18H,1-2H3. The molecular formula is C13H11Cl2NO6S. The van der Waals surface area contributed by atoms with E-state index in [9.17, 15) is 18.3 Å². The molecule has 0 aliphatic carbocycles. The lowest BCUT2D eigenvalue weighted by atomic mass is 10.1. The third kappa shape index (κ3) is 3.90. The second kappa shape index (κ2) is 6.31. The third-order valence-electron chi connectivity index (χ3n) is 2.55. The van der Waals surface area contributed by atoms with Crippen molar-refractivity contribution in [3.8, 4) is 22.8 Å². The van der Waals surface area contributed by atoms with Gasteiger partial charge in [0.2, 0.25) is 21.5 Å².